The Hall–Kier alpha value is -1.52. The van der Waals surface area contributed by atoms with Gasteiger partial charge >= 0.3 is 12.1 Å². The Kier molecular flexibility index (Phi) is 3.22. The molecule has 5 heteroatoms. The van der Waals surface area contributed by atoms with Crippen LogP contribution in [-0.4, -0.2) is 23.5 Å². The minimum Gasteiger partial charge on any atom is -0.330 e. The summed E-state index contributed by atoms with van der Waals surface area (Å²) >= 11 is 0. The van der Waals surface area contributed by atoms with Crippen LogP contribution in [0.3, 0.4) is 0 Å². The van der Waals surface area contributed by atoms with Gasteiger partial charge in [0.05, 0.1) is 0 Å². The smallest absolute Gasteiger partial charge is 0.330 e. The number of carbonyl (C=O) groups is 1. The Morgan fingerprint density at radius 2 is 1.50 bits per heavy atom. The predicted octanol–water partition coefficient (Wildman–Crippen LogP) is 3.01. The molecule has 2 nitrogen and oxygen atoms in total. The normalized spacial score (nSPS) is 18.4. The maximum Gasteiger partial charge on any atom is 0.471 e. The lowest BCUT2D eigenvalue weighted by molar-refractivity contribution is -0.186. The van der Waals surface area contributed by atoms with Crippen LogP contribution in [0.1, 0.15) is 35.1 Å². The Bertz CT molecular complexity index is 551. The van der Waals surface area contributed by atoms with Crippen LogP contribution in [0.4, 0.5) is 13.2 Å². The van der Waals surface area contributed by atoms with Crippen LogP contribution in [0.25, 0.3) is 0 Å². The van der Waals surface area contributed by atoms with Crippen molar-refractivity contribution in [3.05, 3.63) is 34.4 Å². The monoisotopic (exact) mass is 283 g/mol. The molecule has 0 spiro atoms. The summed E-state index contributed by atoms with van der Waals surface area (Å²) in [6.45, 7) is 0.241. The van der Waals surface area contributed by atoms with Gasteiger partial charge < -0.3 is 4.90 Å². The highest BCUT2D eigenvalue weighted by Crippen LogP contribution is 2.30. The van der Waals surface area contributed by atoms with Crippen molar-refractivity contribution in [2.24, 2.45) is 0 Å². The molecule has 0 fully saturated rings. The summed E-state index contributed by atoms with van der Waals surface area (Å²) in [5, 5.41) is 0. The van der Waals surface area contributed by atoms with Crippen LogP contribution >= 0.6 is 0 Å². The van der Waals surface area contributed by atoms with Crippen molar-refractivity contribution in [2.75, 3.05) is 6.54 Å². The highest BCUT2D eigenvalue weighted by atomic mass is 19.4. The molecule has 0 radical (unpaired) electrons. The van der Waals surface area contributed by atoms with Gasteiger partial charge in [-0.15, -0.1) is 0 Å². The summed E-state index contributed by atoms with van der Waals surface area (Å²) in [6.07, 6.45) is 0.126. The minimum absolute atomic E-state index is 0.0843. The molecule has 3 rings (SSSR count). The van der Waals surface area contributed by atoms with E-state index in [-0.39, 0.29) is 13.1 Å². The van der Waals surface area contributed by atoms with E-state index in [1.165, 1.54) is 17.5 Å². The molecule has 0 atom stereocenters. The standard InChI is InChI=1S/C15H16F3NO/c16-15(17,18)14(20)19-6-5-12-7-10-3-1-2-4-11(10)8-13(12)9-19/h7-8H,1-6,9H2. The molecule has 2 aliphatic rings. The van der Waals surface area contributed by atoms with Crippen LogP contribution in [0.5, 0.6) is 0 Å². The zero-order chi connectivity index (χ0) is 14.3. The minimum atomic E-state index is -4.77. The van der Waals surface area contributed by atoms with Gasteiger partial charge in [-0.1, -0.05) is 12.1 Å². The number of aryl methyl sites for hydroxylation is 2. The number of hydrogen-bond donors (Lipinski definition) is 0. The summed E-state index contributed by atoms with van der Waals surface area (Å²) < 4.78 is 37.5. The summed E-state index contributed by atoms with van der Waals surface area (Å²) in [4.78, 5) is 12.2. The molecule has 1 heterocycles. The van der Waals surface area contributed by atoms with Gasteiger partial charge in [-0.3, -0.25) is 4.79 Å². The first-order chi connectivity index (χ1) is 9.45. The van der Waals surface area contributed by atoms with E-state index in [1.54, 1.807) is 0 Å². The first kappa shape index (κ1) is 13.5. The van der Waals surface area contributed by atoms with E-state index < -0.39 is 12.1 Å². The molecular formula is C15H16F3NO. The first-order valence-electron chi connectivity index (χ1n) is 6.95. The van der Waals surface area contributed by atoms with Crippen LogP contribution in [-0.2, 0) is 30.6 Å². The molecule has 20 heavy (non-hydrogen) atoms. The number of nitrogens with zero attached hydrogens (tertiary/aromatic N) is 1. The lowest BCUT2D eigenvalue weighted by atomic mass is 9.86. The average Bonchev–Trinajstić information content (AvgIpc) is 2.42. The number of benzene rings is 1. The van der Waals surface area contributed by atoms with Crippen molar-refractivity contribution in [2.45, 2.75) is 44.8 Å². The van der Waals surface area contributed by atoms with E-state index in [9.17, 15) is 18.0 Å². The van der Waals surface area contributed by atoms with Crippen molar-refractivity contribution in [1.29, 1.82) is 0 Å². The number of amides is 1. The van der Waals surface area contributed by atoms with Gasteiger partial charge in [0.25, 0.3) is 0 Å². The molecular weight excluding hydrogens is 267 g/mol. The second-order valence-corrected chi connectivity index (χ2v) is 5.57. The Balaban J connectivity index is 1.86. The van der Waals surface area contributed by atoms with E-state index in [4.69, 9.17) is 0 Å². The molecule has 1 amide bonds. The third kappa shape index (κ3) is 2.41. The van der Waals surface area contributed by atoms with Crippen LogP contribution < -0.4 is 0 Å². The molecule has 0 saturated carbocycles. The number of carbonyl (C=O) groups excluding carboxylic acids is 1. The van der Waals surface area contributed by atoms with Crippen molar-refractivity contribution in [3.63, 3.8) is 0 Å². The van der Waals surface area contributed by atoms with E-state index in [0.29, 0.717) is 6.42 Å². The number of alkyl halides is 3. The SMILES string of the molecule is O=C(N1CCc2cc3c(cc2C1)CCCC3)C(F)(F)F. The van der Waals surface area contributed by atoms with E-state index in [2.05, 4.69) is 6.07 Å². The van der Waals surface area contributed by atoms with Gasteiger partial charge in [-0.25, -0.2) is 0 Å². The summed E-state index contributed by atoms with van der Waals surface area (Å²) in [6, 6.07) is 4.15. The molecule has 0 unspecified atom stereocenters. The van der Waals surface area contributed by atoms with Crippen LogP contribution in [0.2, 0.25) is 0 Å². The third-order valence-corrected chi connectivity index (χ3v) is 4.21. The lowest BCUT2D eigenvalue weighted by Crippen LogP contribution is -2.43. The molecule has 0 bridgehead atoms. The molecule has 0 aromatic heterocycles. The molecule has 108 valence electrons. The molecule has 1 aromatic carbocycles. The first-order valence-corrected chi connectivity index (χ1v) is 6.95. The molecule has 0 saturated heterocycles. The number of rotatable bonds is 0. The highest BCUT2D eigenvalue weighted by Gasteiger charge is 2.43. The Labute approximate surface area is 115 Å². The number of fused-ring (bicyclic) bond motifs is 2. The lowest BCUT2D eigenvalue weighted by Gasteiger charge is -2.31. The fourth-order valence-corrected chi connectivity index (χ4v) is 3.16. The van der Waals surface area contributed by atoms with Gasteiger partial charge in [-0.05, 0) is 54.4 Å². The van der Waals surface area contributed by atoms with Gasteiger partial charge in [-0.2, -0.15) is 13.2 Å². The average molecular weight is 283 g/mol. The van der Waals surface area contributed by atoms with Crippen molar-refractivity contribution in [1.82, 2.24) is 4.90 Å². The highest BCUT2D eigenvalue weighted by molar-refractivity contribution is 5.82. The van der Waals surface area contributed by atoms with Crippen molar-refractivity contribution >= 4 is 5.91 Å². The second-order valence-electron chi connectivity index (χ2n) is 5.57. The molecule has 1 aromatic rings. The van der Waals surface area contributed by atoms with Gasteiger partial charge in [0.1, 0.15) is 0 Å². The van der Waals surface area contributed by atoms with Gasteiger partial charge in [0.15, 0.2) is 0 Å². The maximum atomic E-state index is 12.5. The largest absolute Gasteiger partial charge is 0.471 e. The van der Waals surface area contributed by atoms with Crippen molar-refractivity contribution in [3.8, 4) is 0 Å². The summed E-state index contributed by atoms with van der Waals surface area (Å²) in [7, 11) is 0. The quantitative estimate of drug-likeness (QED) is 0.716. The predicted molar refractivity (Wildman–Crippen MR) is 68.3 cm³/mol. The molecule has 0 N–H and O–H groups in total. The summed E-state index contributed by atoms with van der Waals surface area (Å²) in [5.74, 6) is -1.72. The zero-order valence-electron chi connectivity index (χ0n) is 11.1. The molecule has 1 aliphatic carbocycles. The van der Waals surface area contributed by atoms with E-state index >= 15 is 0 Å². The number of halogens is 3. The van der Waals surface area contributed by atoms with Gasteiger partial charge in [0.2, 0.25) is 0 Å². The maximum absolute atomic E-state index is 12.5. The topological polar surface area (TPSA) is 20.3 Å². The Morgan fingerprint density at radius 1 is 0.950 bits per heavy atom. The summed E-state index contributed by atoms with van der Waals surface area (Å²) in [5.41, 5.74) is 4.58. The second kappa shape index (κ2) is 4.79. The van der Waals surface area contributed by atoms with Crippen LogP contribution in [0.15, 0.2) is 12.1 Å². The van der Waals surface area contributed by atoms with E-state index in [0.717, 1.165) is 35.3 Å². The molecule has 1 aliphatic heterocycles. The van der Waals surface area contributed by atoms with E-state index in [1.807, 2.05) is 6.07 Å². The third-order valence-electron chi connectivity index (χ3n) is 4.21. The van der Waals surface area contributed by atoms with Crippen LogP contribution in [0, 0.1) is 0 Å². The fraction of sp³-hybridized carbons (Fsp3) is 0.533. The number of hydrogen-bond acceptors (Lipinski definition) is 1. The van der Waals surface area contributed by atoms with Crippen molar-refractivity contribution < 1.29 is 18.0 Å². The Morgan fingerprint density at radius 3 is 2.10 bits per heavy atom. The zero-order valence-corrected chi connectivity index (χ0v) is 11.1. The fourth-order valence-electron chi connectivity index (χ4n) is 3.16. The van der Waals surface area contributed by atoms with Gasteiger partial charge in [0, 0.05) is 13.1 Å².